The topological polar surface area (TPSA) is 6.48 Å². The first-order valence-corrected chi connectivity index (χ1v) is 17.5. The smallest absolute Gasteiger partial charge is 0.0893 e. The maximum atomic E-state index is 2.53. The van der Waals surface area contributed by atoms with Crippen molar-refractivity contribution < 1.29 is 0 Å². The molecule has 0 N–H and O–H groups in total. The molecule has 0 saturated heterocycles. The molecule has 0 radical (unpaired) electrons. The average molecular weight is 519 g/mol. The van der Waals surface area contributed by atoms with E-state index in [4.69, 9.17) is 0 Å². The van der Waals surface area contributed by atoms with Crippen molar-refractivity contribution in [1.82, 2.24) is 9.80 Å². The minimum atomic E-state index is 1.14. The first kappa shape index (κ1) is 34.4. The second-order valence-corrected chi connectivity index (χ2v) is 12.3. The predicted molar refractivity (Wildman–Crippen MR) is 168 cm³/mol. The Labute approximate surface area is 235 Å². The Balaban J connectivity index is 1.75. The van der Waals surface area contributed by atoms with Crippen molar-refractivity contribution >= 4 is 0 Å². The number of rotatable bonds is 30. The van der Waals surface area contributed by atoms with Gasteiger partial charge in [0.15, 0.2) is 0 Å². The lowest BCUT2D eigenvalue weighted by molar-refractivity contribution is 0.257. The third-order valence-corrected chi connectivity index (χ3v) is 8.45. The van der Waals surface area contributed by atoms with Gasteiger partial charge in [0.1, 0.15) is 0 Å². The number of hydrogen-bond acceptors (Lipinski definition) is 2. The van der Waals surface area contributed by atoms with Gasteiger partial charge in [-0.05, 0) is 12.8 Å². The lowest BCUT2D eigenvalue weighted by Gasteiger charge is -2.21. The van der Waals surface area contributed by atoms with Crippen molar-refractivity contribution in [3.05, 3.63) is 12.4 Å². The van der Waals surface area contributed by atoms with Crippen LogP contribution in [-0.4, -0.2) is 29.6 Å². The fourth-order valence-corrected chi connectivity index (χ4v) is 5.83. The van der Waals surface area contributed by atoms with E-state index in [1.165, 1.54) is 193 Å². The summed E-state index contributed by atoms with van der Waals surface area (Å²) in [6.45, 7) is 8.25. The highest BCUT2D eigenvalue weighted by molar-refractivity contribution is 4.90. The molecule has 0 saturated carbocycles. The highest BCUT2D eigenvalue weighted by Gasteiger charge is 2.11. The Bertz CT molecular complexity index is 420. The molecule has 2 nitrogen and oxygen atoms in total. The van der Waals surface area contributed by atoms with Crippen LogP contribution < -0.4 is 0 Å². The van der Waals surface area contributed by atoms with Crippen molar-refractivity contribution in [3.63, 3.8) is 0 Å². The summed E-state index contributed by atoms with van der Waals surface area (Å²) in [5, 5.41) is 0. The molecule has 1 heterocycles. The summed E-state index contributed by atoms with van der Waals surface area (Å²) in [5.41, 5.74) is 0. The Hall–Kier alpha value is -0.660. The molecule has 0 aromatic rings. The van der Waals surface area contributed by atoms with Gasteiger partial charge in [0, 0.05) is 25.5 Å². The van der Waals surface area contributed by atoms with Gasteiger partial charge in [-0.25, -0.2) is 0 Å². The Kier molecular flexibility index (Phi) is 26.3. The molecular formula is C35H70N2. The van der Waals surface area contributed by atoms with Gasteiger partial charge >= 0.3 is 0 Å². The van der Waals surface area contributed by atoms with E-state index in [0.29, 0.717) is 0 Å². The third-order valence-electron chi connectivity index (χ3n) is 8.45. The highest BCUT2D eigenvalue weighted by Crippen LogP contribution is 2.16. The Morgan fingerprint density at radius 1 is 0.324 bits per heavy atom. The van der Waals surface area contributed by atoms with E-state index in [2.05, 4.69) is 36.0 Å². The van der Waals surface area contributed by atoms with Crippen LogP contribution >= 0.6 is 0 Å². The van der Waals surface area contributed by atoms with Crippen LogP contribution in [-0.2, 0) is 0 Å². The summed E-state index contributed by atoms with van der Waals surface area (Å²) in [7, 11) is 0. The molecule has 0 atom stereocenters. The summed E-state index contributed by atoms with van der Waals surface area (Å²) in [5.74, 6) is 0. The molecule has 0 bridgehead atoms. The molecule has 1 aliphatic rings. The number of unbranched alkanes of at least 4 members (excludes halogenated alkanes) is 26. The van der Waals surface area contributed by atoms with Gasteiger partial charge in [0.25, 0.3) is 0 Å². The van der Waals surface area contributed by atoms with E-state index in [9.17, 15) is 0 Å². The van der Waals surface area contributed by atoms with Crippen LogP contribution in [0.2, 0.25) is 0 Å². The molecule has 0 aromatic carbocycles. The van der Waals surface area contributed by atoms with Crippen molar-refractivity contribution in [2.45, 2.75) is 194 Å². The van der Waals surface area contributed by atoms with Crippen LogP contribution in [0.25, 0.3) is 0 Å². The summed E-state index contributed by atoms with van der Waals surface area (Å²) < 4.78 is 0. The molecule has 0 aromatic heterocycles. The van der Waals surface area contributed by atoms with Crippen molar-refractivity contribution in [3.8, 4) is 0 Å². The van der Waals surface area contributed by atoms with E-state index in [1.54, 1.807) is 0 Å². The van der Waals surface area contributed by atoms with Crippen LogP contribution in [0.3, 0.4) is 0 Å². The van der Waals surface area contributed by atoms with Crippen molar-refractivity contribution in [2.75, 3.05) is 19.8 Å². The standard InChI is InChI=1S/C35H70N2/c1-3-5-7-9-11-13-15-17-19-21-23-25-27-29-31-36-33-34-37(35-36)32-30-28-26-24-22-20-18-16-14-12-10-8-6-4-2/h33-34H,3-32,35H2,1-2H3. The van der Waals surface area contributed by atoms with E-state index >= 15 is 0 Å². The van der Waals surface area contributed by atoms with E-state index in [0.717, 1.165) is 6.67 Å². The minimum Gasteiger partial charge on any atom is -0.359 e. The van der Waals surface area contributed by atoms with Gasteiger partial charge in [-0.2, -0.15) is 0 Å². The fraction of sp³-hybridized carbons (Fsp3) is 0.943. The van der Waals surface area contributed by atoms with Gasteiger partial charge < -0.3 is 9.80 Å². The molecule has 220 valence electrons. The minimum absolute atomic E-state index is 1.14. The molecular weight excluding hydrogens is 448 g/mol. The van der Waals surface area contributed by atoms with Gasteiger partial charge in [0.2, 0.25) is 0 Å². The lowest BCUT2D eigenvalue weighted by Crippen LogP contribution is -2.26. The maximum absolute atomic E-state index is 2.53. The van der Waals surface area contributed by atoms with Crippen LogP contribution in [0.5, 0.6) is 0 Å². The van der Waals surface area contributed by atoms with Gasteiger partial charge in [0.05, 0.1) is 6.67 Å². The summed E-state index contributed by atoms with van der Waals surface area (Å²) in [6, 6.07) is 0. The fourth-order valence-electron chi connectivity index (χ4n) is 5.83. The molecule has 37 heavy (non-hydrogen) atoms. The van der Waals surface area contributed by atoms with Crippen LogP contribution in [0.1, 0.15) is 194 Å². The monoisotopic (exact) mass is 519 g/mol. The summed E-state index contributed by atoms with van der Waals surface area (Å²) in [6.07, 6.45) is 45.2. The number of nitrogens with zero attached hydrogens (tertiary/aromatic N) is 2. The van der Waals surface area contributed by atoms with Crippen molar-refractivity contribution in [2.24, 2.45) is 0 Å². The largest absolute Gasteiger partial charge is 0.359 e. The average Bonchev–Trinajstić information content (AvgIpc) is 3.36. The first-order chi connectivity index (χ1) is 18.4. The quantitative estimate of drug-likeness (QED) is 0.0872. The van der Waals surface area contributed by atoms with Crippen molar-refractivity contribution in [1.29, 1.82) is 0 Å². The van der Waals surface area contributed by atoms with Crippen LogP contribution in [0, 0.1) is 0 Å². The third kappa shape index (κ3) is 24.1. The summed E-state index contributed by atoms with van der Waals surface area (Å²) >= 11 is 0. The molecule has 0 amide bonds. The van der Waals surface area contributed by atoms with Crippen LogP contribution in [0.15, 0.2) is 12.4 Å². The zero-order valence-electron chi connectivity index (χ0n) is 26.0. The van der Waals surface area contributed by atoms with Crippen LogP contribution in [0.4, 0.5) is 0 Å². The maximum Gasteiger partial charge on any atom is 0.0893 e. The predicted octanol–water partition coefficient (Wildman–Crippen LogP) is 12.0. The molecule has 1 aliphatic heterocycles. The Morgan fingerprint density at radius 2 is 0.541 bits per heavy atom. The zero-order valence-corrected chi connectivity index (χ0v) is 26.0. The molecule has 0 spiro atoms. The SMILES string of the molecule is CCCCCCCCCCCCCCCCN1C=CN(CCCCCCCCCCCCCCCC)C1. The Morgan fingerprint density at radius 3 is 0.784 bits per heavy atom. The lowest BCUT2D eigenvalue weighted by atomic mass is 10.0. The van der Waals surface area contributed by atoms with E-state index in [1.807, 2.05) is 0 Å². The number of hydrogen-bond donors (Lipinski definition) is 0. The molecule has 0 unspecified atom stereocenters. The molecule has 0 fully saturated rings. The molecule has 2 heteroatoms. The second kappa shape index (κ2) is 28.4. The zero-order chi connectivity index (χ0) is 26.5. The van der Waals surface area contributed by atoms with Gasteiger partial charge in [-0.3, -0.25) is 0 Å². The van der Waals surface area contributed by atoms with Gasteiger partial charge in [-0.15, -0.1) is 0 Å². The molecule has 0 aliphatic carbocycles. The van der Waals surface area contributed by atoms with E-state index < -0.39 is 0 Å². The van der Waals surface area contributed by atoms with E-state index in [-0.39, 0.29) is 0 Å². The molecule has 1 rings (SSSR count). The first-order valence-electron chi connectivity index (χ1n) is 17.5. The normalized spacial score (nSPS) is 13.4. The highest BCUT2D eigenvalue weighted by atomic mass is 15.3. The second-order valence-electron chi connectivity index (χ2n) is 12.3. The summed E-state index contributed by atoms with van der Waals surface area (Å²) in [4.78, 5) is 5.06. The van der Waals surface area contributed by atoms with Gasteiger partial charge in [-0.1, -0.05) is 181 Å².